The van der Waals surface area contributed by atoms with Crippen molar-refractivity contribution in [3.8, 4) is 0 Å². The molecule has 0 aliphatic carbocycles. The van der Waals surface area contributed by atoms with Crippen LogP contribution in [-0.4, -0.2) is 24.3 Å². The summed E-state index contributed by atoms with van der Waals surface area (Å²) in [4.78, 5) is 0.183. The predicted molar refractivity (Wildman–Crippen MR) is 51.8 cm³/mol. The van der Waals surface area contributed by atoms with Crippen molar-refractivity contribution in [3.63, 3.8) is 0 Å². The van der Waals surface area contributed by atoms with E-state index in [1.54, 1.807) is 0 Å². The molecule has 5 nitrogen and oxygen atoms in total. The molecule has 0 atom stereocenters. The molecule has 0 bridgehead atoms. The Morgan fingerprint density at radius 3 is 2.57 bits per heavy atom. The second-order valence-corrected chi connectivity index (χ2v) is 5.85. The molecule has 0 fully saturated rings. The molecule has 1 aromatic heterocycles. The first-order valence-corrected chi connectivity index (χ1v) is 5.65. The van der Waals surface area contributed by atoms with Gasteiger partial charge in [-0.15, -0.1) is 0 Å². The highest BCUT2D eigenvalue weighted by atomic mass is 32.2. The Labute approximate surface area is 82.3 Å². The van der Waals surface area contributed by atoms with Crippen LogP contribution in [0.25, 0.3) is 0 Å². The van der Waals surface area contributed by atoms with E-state index in [1.165, 1.54) is 6.20 Å². The summed E-state index contributed by atoms with van der Waals surface area (Å²) in [5.74, 6) is 0. The number of aromatic amines is 1. The van der Waals surface area contributed by atoms with Crippen LogP contribution in [0.1, 0.15) is 26.5 Å². The van der Waals surface area contributed by atoms with Gasteiger partial charge in [0.1, 0.15) is 10.6 Å². The van der Waals surface area contributed by atoms with E-state index in [4.69, 9.17) is 0 Å². The van der Waals surface area contributed by atoms with Gasteiger partial charge in [0.15, 0.2) is 0 Å². The van der Waals surface area contributed by atoms with Crippen LogP contribution in [0.15, 0.2) is 15.5 Å². The van der Waals surface area contributed by atoms with Crippen molar-refractivity contribution >= 4 is 15.7 Å². The average molecular weight is 213 g/mol. The molecule has 6 heteroatoms. The number of nitrogens with one attached hydrogen (secondary N) is 1. The van der Waals surface area contributed by atoms with E-state index in [0.29, 0.717) is 11.4 Å². The molecule has 0 saturated carbocycles. The molecule has 1 aliphatic heterocycles. The Morgan fingerprint density at radius 2 is 2.00 bits per heavy atom. The first-order valence-electron chi connectivity index (χ1n) is 4.21. The Morgan fingerprint density at radius 1 is 1.36 bits per heavy atom. The number of aromatic nitrogens is 2. The van der Waals surface area contributed by atoms with Crippen LogP contribution in [0.2, 0.25) is 0 Å². The number of nitrogens with zero attached hydrogens (tertiary/aromatic N) is 2. The monoisotopic (exact) mass is 213 g/mol. The molecule has 1 aliphatic rings. The lowest BCUT2D eigenvalue weighted by Gasteiger charge is -2.16. The van der Waals surface area contributed by atoms with E-state index >= 15 is 0 Å². The van der Waals surface area contributed by atoms with Gasteiger partial charge in [0.05, 0.1) is 11.9 Å². The lowest BCUT2D eigenvalue weighted by atomic mass is 9.88. The van der Waals surface area contributed by atoms with Crippen LogP contribution < -0.4 is 0 Å². The summed E-state index contributed by atoms with van der Waals surface area (Å²) in [7, 11) is -3.50. The summed E-state index contributed by atoms with van der Waals surface area (Å²) in [6.45, 7) is 5.74. The number of hydrogen-bond donors (Lipinski definition) is 1. The molecule has 1 N–H and O–H groups in total. The van der Waals surface area contributed by atoms with Gasteiger partial charge < -0.3 is 0 Å². The Bertz CT molecular complexity index is 505. The molecule has 1 aromatic rings. The van der Waals surface area contributed by atoms with Gasteiger partial charge in [0.2, 0.25) is 0 Å². The zero-order valence-corrected chi connectivity index (χ0v) is 9.01. The average Bonchev–Trinajstić information content (AvgIpc) is 2.51. The summed E-state index contributed by atoms with van der Waals surface area (Å²) < 4.78 is 26.8. The summed E-state index contributed by atoms with van der Waals surface area (Å²) in [6, 6.07) is 0. The zero-order valence-electron chi connectivity index (χ0n) is 8.20. The number of rotatable bonds is 0. The lowest BCUT2D eigenvalue weighted by Crippen LogP contribution is -2.20. The van der Waals surface area contributed by atoms with E-state index in [2.05, 4.69) is 14.6 Å². The predicted octanol–water partition coefficient (Wildman–Crippen LogP) is 0.947. The number of fused-ring (bicyclic) bond motifs is 1. The van der Waals surface area contributed by atoms with Crippen molar-refractivity contribution in [1.82, 2.24) is 10.2 Å². The maximum Gasteiger partial charge on any atom is 0.286 e. The number of H-pyrrole nitrogens is 1. The second-order valence-electron chi connectivity index (χ2n) is 4.27. The Hall–Kier alpha value is -1.17. The first-order chi connectivity index (χ1) is 6.32. The second kappa shape index (κ2) is 2.44. The van der Waals surface area contributed by atoms with Gasteiger partial charge in [-0.1, -0.05) is 20.8 Å². The molecule has 2 rings (SSSR count). The molecule has 2 heterocycles. The molecule has 0 unspecified atom stereocenters. The maximum absolute atomic E-state index is 11.5. The zero-order chi connectivity index (χ0) is 10.6. The summed E-state index contributed by atoms with van der Waals surface area (Å²) in [5.41, 5.74) is 0.771. The molecular weight excluding hydrogens is 202 g/mol. The van der Waals surface area contributed by atoms with Gasteiger partial charge in [0.25, 0.3) is 10.0 Å². The van der Waals surface area contributed by atoms with Crippen LogP contribution in [0.4, 0.5) is 0 Å². The third-order valence-electron chi connectivity index (χ3n) is 2.04. The Balaban J connectivity index is 2.72. The minimum atomic E-state index is -3.50. The van der Waals surface area contributed by atoms with Crippen molar-refractivity contribution in [3.05, 3.63) is 11.9 Å². The highest BCUT2D eigenvalue weighted by molar-refractivity contribution is 7.90. The smallest absolute Gasteiger partial charge is 0.275 e. The number of sulfonamides is 1. The van der Waals surface area contributed by atoms with E-state index in [9.17, 15) is 8.42 Å². The molecule has 0 amide bonds. The highest BCUT2D eigenvalue weighted by Crippen LogP contribution is 2.32. The molecule has 0 spiro atoms. The summed E-state index contributed by atoms with van der Waals surface area (Å²) in [5, 5.41) is 6.39. The lowest BCUT2D eigenvalue weighted by molar-refractivity contribution is 0.587. The SMILES string of the molecule is CC(C)(C)C1=NS(=O)(=O)c2cn[nH]c21. The quantitative estimate of drug-likeness (QED) is 0.697. The van der Waals surface area contributed by atoms with Crippen molar-refractivity contribution in [1.29, 1.82) is 0 Å². The fourth-order valence-corrected chi connectivity index (χ4v) is 2.66. The molecule has 76 valence electrons. The summed E-state index contributed by atoms with van der Waals surface area (Å²) >= 11 is 0. The van der Waals surface area contributed by atoms with Crippen LogP contribution in [0, 0.1) is 5.41 Å². The van der Waals surface area contributed by atoms with Gasteiger partial charge in [0, 0.05) is 5.41 Å². The molecule has 0 saturated heterocycles. The van der Waals surface area contributed by atoms with Gasteiger partial charge in [-0.05, 0) is 0 Å². The van der Waals surface area contributed by atoms with Crippen molar-refractivity contribution in [2.24, 2.45) is 9.81 Å². The van der Waals surface area contributed by atoms with Crippen LogP contribution in [0.5, 0.6) is 0 Å². The third kappa shape index (κ3) is 1.18. The molecule has 0 aromatic carbocycles. The van der Waals surface area contributed by atoms with E-state index < -0.39 is 10.0 Å². The molecular formula is C8H11N3O2S. The van der Waals surface area contributed by atoms with Gasteiger partial charge in [-0.2, -0.15) is 17.9 Å². The Kier molecular flexibility index (Phi) is 1.64. The van der Waals surface area contributed by atoms with Crippen LogP contribution in [-0.2, 0) is 10.0 Å². The van der Waals surface area contributed by atoms with Crippen LogP contribution in [0.3, 0.4) is 0 Å². The topological polar surface area (TPSA) is 75.2 Å². The number of hydrogen-bond acceptors (Lipinski definition) is 3. The summed E-state index contributed by atoms with van der Waals surface area (Å²) in [6.07, 6.45) is 1.30. The van der Waals surface area contributed by atoms with E-state index in [0.717, 1.165) is 0 Å². The van der Waals surface area contributed by atoms with Crippen molar-refractivity contribution in [2.75, 3.05) is 0 Å². The van der Waals surface area contributed by atoms with Gasteiger partial charge in [-0.25, -0.2) is 0 Å². The highest BCUT2D eigenvalue weighted by Gasteiger charge is 2.36. The van der Waals surface area contributed by atoms with Gasteiger partial charge in [-0.3, -0.25) is 5.10 Å². The first kappa shape index (κ1) is 9.39. The molecule has 14 heavy (non-hydrogen) atoms. The fraction of sp³-hybridized carbons (Fsp3) is 0.500. The third-order valence-corrected chi connectivity index (χ3v) is 3.33. The van der Waals surface area contributed by atoms with Crippen molar-refractivity contribution < 1.29 is 8.42 Å². The largest absolute Gasteiger partial charge is 0.286 e. The van der Waals surface area contributed by atoms with E-state index in [1.807, 2.05) is 20.8 Å². The fourth-order valence-electron chi connectivity index (χ4n) is 1.37. The van der Waals surface area contributed by atoms with Crippen LogP contribution >= 0.6 is 0 Å². The van der Waals surface area contributed by atoms with E-state index in [-0.39, 0.29) is 10.3 Å². The molecule has 0 radical (unpaired) electrons. The maximum atomic E-state index is 11.5. The minimum absolute atomic E-state index is 0.183. The normalized spacial score (nSPS) is 19.2. The van der Waals surface area contributed by atoms with Crippen molar-refractivity contribution in [2.45, 2.75) is 25.7 Å². The minimum Gasteiger partial charge on any atom is -0.275 e. The van der Waals surface area contributed by atoms with Gasteiger partial charge >= 0.3 is 0 Å². The standard InChI is InChI=1S/C8H11N3O2S/c1-8(2,3)7-6-5(4-9-10-6)14(12,13)11-7/h4H,1-3H3,(H,9,10).